The van der Waals surface area contributed by atoms with E-state index < -0.39 is 29.6 Å². The summed E-state index contributed by atoms with van der Waals surface area (Å²) in [6, 6.07) is 16.1. The predicted molar refractivity (Wildman–Crippen MR) is 146 cm³/mol. The quantitative estimate of drug-likeness (QED) is 0.441. The summed E-state index contributed by atoms with van der Waals surface area (Å²) in [5.41, 5.74) is 2.59. The molecule has 2 heterocycles. The number of esters is 1. The number of amides is 2. The van der Waals surface area contributed by atoms with E-state index in [0.717, 1.165) is 22.2 Å². The summed E-state index contributed by atoms with van der Waals surface area (Å²) in [6.45, 7) is 9.81. The normalized spacial score (nSPS) is 17.1. The van der Waals surface area contributed by atoms with E-state index in [4.69, 9.17) is 14.2 Å². The van der Waals surface area contributed by atoms with Crippen molar-refractivity contribution in [3.8, 4) is 5.75 Å². The Labute approximate surface area is 228 Å². The molecule has 2 atom stereocenters. The molecular weight excluding hydrogens is 498 g/mol. The number of benzene rings is 2. The van der Waals surface area contributed by atoms with Crippen molar-refractivity contribution in [3.05, 3.63) is 71.4 Å². The number of para-hydroxylation sites is 1. The van der Waals surface area contributed by atoms with Gasteiger partial charge in [-0.15, -0.1) is 0 Å². The molecule has 0 spiro atoms. The zero-order valence-corrected chi connectivity index (χ0v) is 23.0. The van der Waals surface area contributed by atoms with E-state index in [9.17, 15) is 14.4 Å². The van der Waals surface area contributed by atoms with Crippen molar-refractivity contribution in [2.75, 3.05) is 19.7 Å². The second-order valence-electron chi connectivity index (χ2n) is 10.6. The zero-order valence-electron chi connectivity index (χ0n) is 23.0. The summed E-state index contributed by atoms with van der Waals surface area (Å²) in [5, 5.41) is 3.93. The van der Waals surface area contributed by atoms with E-state index >= 15 is 0 Å². The van der Waals surface area contributed by atoms with Gasteiger partial charge in [-0.1, -0.05) is 18.2 Å². The smallest absolute Gasteiger partial charge is 0.410 e. The maximum absolute atomic E-state index is 13.1. The topological polar surface area (TPSA) is 107 Å². The molecule has 1 fully saturated rings. The van der Waals surface area contributed by atoms with Crippen LogP contribution in [0.15, 0.2) is 54.6 Å². The van der Waals surface area contributed by atoms with Crippen molar-refractivity contribution in [2.24, 2.45) is 5.92 Å². The molecule has 0 bridgehead atoms. The van der Waals surface area contributed by atoms with Gasteiger partial charge in [0, 0.05) is 35.3 Å². The Morgan fingerprint density at radius 1 is 1.05 bits per heavy atom. The number of hydrogen-bond acceptors (Lipinski definition) is 7. The van der Waals surface area contributed by atoms with Crippen molar-refractivity contribution in [1.29, 1.82) is 0 Å². The summed E-state index contributed by atoms with van der Waals surface area (Å²) in [4.78, 5) is 44.2. The molecule has 4 rings (SSSR count). The molecule has 3 aromatic rings. The van der Waals surface area contributed by atoms with Crippen molar-refractivity contribution < 1.29 is 28.6 Å². The standard InChI is InChI=1S/C30H35N3O6/c1-6-37-28(35)24-16-33(29(36)39-30(3,4)5)17-26(24)32-27(34)20-11-13-22(14-12-20)38-18-21-15-19(2)31-25-10-8-7-9-23(21)25/h7-15,24,26H,6,16-18H2,1-5H3,(H,32,34)/t24-,26-/m0/s1. The summed E-state index contributed by atoms with van der Waals surface area (Å²) in [7, 11) is 0. The van der Waals surface area contributed by atoms with Crippen LogP contribution in [0.4, 0.5) is 4.79 Å². The van der Waals surface area contributed by atoms with Crippen molar-refractivity contribution in [3.63, 3.8) is 0 Å². The van der Waals surface area contributed by atoms with Gasteiger partial charge < -0.3 is 24.4 Å². The van der Waals surface area contributed by atoms with E-state index in [1.807, 2.05) is 37.3 Å². The van der Waals surface area contributed by atoms with Crippen molar-refractivity contribution in [1.82, 2.24) is 15.2 Å². The molecule has 1 aliphatic rings. The van der Waals surface area contributed by atoms with Crippen LogP contribution in [0.25, 0.3) is 10.9 Å². The van der Waals surface area contributed by atoms with E-state index in [2.05, 4.69) is 10.3 Å². The molecule has 1 aliphatic heterocycles. The van der Waals surface area contributed by atoms with Gasteiger partial charge in [0.25, 0.3) is 5.91 Å². The van der Waals surface area contributed by atoms with Crippen LogP contribution in [-0.4, -0.2) is 59.2 Å². The van der Waals surface area contributed by atoms with E-state index in [1.54, 1.807) is 52.0 Å². The summed E-state index contributed by atoms with van der Waals surface area (Å²) in [5.74, 6) is -0.895. The SMILES string of the molecule is CCOC(=O)[C@H]1CN(C(=O)OC(C)(C)C)C[C@@H]1NC(=O)c1ccc(OCc2cc(C)nc3ccccc23)cc1. The second-order valence-corrected chi connectivity index (χ2v) is 10.6. The van der Waals surface area contributed by atoms with Crippen LogP contribution in [-0.2, 0) is 20.9 Å². The second kappa shape index (κ2) is 11.7. The van der Waals surface area contributed by atoms with Crippen LogP contribution in [0.3, 0.4) is 0 Å². The number of nitrogens with one attached hydrogen (secondary N) is 1. The minimum absolute atomic E-state index is 0.106. The monoisotopic (exact) mass is 533 g/mol. The third kappa shape index (κ3) is 7.04. The van der Waals surface area contributed by atoms with Crippen LogP contribution < -0.4 is 10.1 Å². The fraction of sp³-hybridized carbons (Fsp3) is 0.400. The Morgan fingerprint density at radius 3 is 2.46 bits per heavy atom. The van der Waals surface area contributed by atoms with Gasteiger partial charge in [-0.25, -0.2) is 4.79 Å². The maximum Gasteiger partial charge on any atom is 0.410 e. The zero-order chi connectivity index (χ0) is 28.2. The molecule has 0 saturated carbocycles. The number of aromatic nitrogens is 1. The molecule has 0 aliphatic carbocycles. The molecule has 206 valence electrons. The lowest BCUT2D eigenvalue weighted by molar-refractivity contribution is -0.148. The van der Waals surface area contributed by atoms with Crippen LogP contribution in [0.1, 0.15) is 49.3 Å². The Hall–Kier alpha value is -4.14. The number of carbonyl (C=O) groups is 3. The number of nitrogens with zero attached hydrogens (tertiary/aromatic N) is 2. The van der Waals surface area contributed by atoms with E-state index in [-0.39, 0.29) is 25.6 Å². The number of aryl methyl sites for hydroxylation is 1. The fourth-order valence-corrected chi connectivity index (χ4v) is 4.54. The number of ether oxygens (including phenoxy) is 3. The number of carbonyl (C=O) groups excluding carboxylic acids is 3. The number of fused-ring (bicyclic) bond motifs is 1. The Balaban J connectivity index is 1.41. The Kier molecular flexibility index (Phi) is 8.38. The largest absolute Gasteiger partial charge is 0.489 e. The lowest BCUT2D eigenvalue weighted by Crippen LogP contribution is -2.43. The summed E-state index contributed by atoms with van der Waals surface area (Å²) < 4.78 is 16.6. The van der Waals surface area contributed by atoms with Gasteiger partial charge in [-0.05, 0) is 71.0 Å². The Bertz CT molecular complexity index is 1350. The molecule has 9 nitrogen and oxygen atoms in total. The highest BCUT2D eigenvalue weighted by Gasteiger charge is 2.42. The molecule has 1 saturated heterocycles. The molecule has 1 N–H and O–H groups in total. The first-order chi connectivity index (χ1) is 18.5. The highest BCUT2D eigenvalue weighted by atomic mass is 16.6. The van der Waals surface area contributed by atoms with E-state index in [1.165, 1.54) is 4.90 Å². The number of rotatable bonds is 7. The molecule has 1 aromatic heterocycles. The van der Waals surface area contributed by atoms with Crippen LogP contribution >= 0.6 is 0 Å². The van der Waals surface area contributed by atoms with Gasteiger partial charge in [0.15, 0.2) is 0 Å². The summed E-state index contributed by atoms with van der Waals surface area (Å²) >= 11 is 0. The molecule has 9 heteroatoms. The third-order valence-corrected chi connectivity index (χ3v) is 6.32. The average Bonchev–Trinajstić information content (AvgIpc) is 3.31. The van der Waals surface area contributed by atoms with Crippen LogP contribution in [0.5, 0.6) is 5.75 Å². The molecule has 39 heavy (non-hydrogen) atoms. The fourth-order valence-electron chi connectivity index (χ4n) is 4.54. The molecule has 0 radical (unpaired) electrons. The Morgan fingerprint density at radius 2 is 1.77 bits per heavy atom. The van der Waals surface area contributed by atoms with Gasteiger partial charge in [0.1, 0.15) is 18.0 Å². The lowest BCUT2D eigenvalue weighted by Gasteiger charge is -2.24. The highest BCUT2D eigenvalue weighted by Crippen LogP contribution is 2.24. The first-order valence-corrected chi connectivity index (χ1v) is 13.1. The molecule has 2 aromatic carbocycles. The van der Waals surface area contributed by atoms with Gasteiger partial charge in [0.2, 0.25) is 0 Å². The number of likely N-dealkylation sites (tertiary alicyclic amines) is 1. The number of pyridine rings is 1. The van der Waals surface area contributed by atoms with Gasteiger partial charge >= 0.3 is 12.1 Å². The molecule has 2 amide bonds. The maximum atomic E-state index is 13.1. The molecule has 0 unspecified atom stereocenters. The van der Waals surface area contributed by atoms with Crippen LogP contribution in [0, 0.1) is 12.8 Å². The van der Waals surface area contributed by atoms with Gasteiger partial charge in [-0.2, -0.15) is 0 Å². The molecular formula is C30H35N3O6. The first-order valence-electron chi connectivity index (χ1n) is 13.1. The number of hydrogen-bond donors (Lipinski definition) is 1. The third-order valence-electron chi connectivity index (χ3n) is 6.32. The van der Waals surface area contributed by atoms with Crippen molar-refractivity contribution >= 4 is 28.9 Å². The summed E-state index contributed by atoms with van der Waals surface area (Å²) in [6.07, 6.45) is -0.535. The lowest BCUT2D eigenvalue weighted by atomic mass is 10.0. The van der Waals surface area contributed by atoms with Gasteiger partial charge in [-0.3, -0.25) is 14.6 Å². The first kappa shape index (κ1) is 27.9. The van der Waals surface area contributed by atoms with Gasteiger partial charge in [0.05, 0.1) is 24.1 Å². The minimum atomic E-state index is -0.692. The highest BCUT2D eigenvalue weighted by molar-refractivity contribution is 5.95. The minimum Gasteiger partial charge on any atom is -0.489 e. The van der Waals surface area contributed by atoms with Crippen molar-refractivity contribution in [2.45, 2.75) is 52.9 Å². The average molecular weight is 534 g/mol. The predicted octanol–water partition coefficient (Wildman–Crippen LogP) is 4.65. The van der Waals surface area contributed by atoms with Crippen LogP contribution in [0.2, 0.25) is 0 Å². The van der Waals surface area contributed by atoms with E-state index in [0.29, 0.717) is 17.9 Å².